The molecule has 1 saturated heterocycles. The van der Waals surface area contributed by atoms with Crippen LogP contribution in [0.3, 0.4) is 0 Å². The number of hydrogen-bond donors (Lipinski definition) is 1. The van der Waals surface area contributed by atoms with Gasteiger partial charge >= 0.3 is 0 Å². The second-order valence-electron chi connectivity index (χ2n) is 7.02. The number of amides is 1. The molecule has 152 valence electrons. The van der Waals surface area contributed by atoms with Gasteiger partial charge in [-0.3, -0.25) is 9.79 Å². The number of guanidine groups is 1. The molecule has 1 aliphatic rings. The van der Waals surface area contributed by atoms with Crippen molar-refractivity contribution in [2.24, 2.45) is 4.99 Å². The number of benzene rings is 1. The van der Waals surface area contributed by atoms with Crippen LogP contribution in [0, 0.1) is 0 Å². The summed E-state index contributed by atoms with van der Waals surface area (Å²) < 4.78 is 0. The van der Waals surface area contributed by atoms with Crippen molar-refractivity contribution in [2.75, 3.05) is 39.3 Å². The zero-order chi connectivity index (χ0) is 19.0. The second-order valence-corrected chi connectivity index (χ2v) is 7.02. The highest BCUT2D eigenvalue weighted by atomic mass is 127. The summed E-state index contributed by atoms with van der Waals surface area (Å²) in [5, 5.41) is 3.44. The van der Waals surface area contributed by atoms with Crippen LogP contribution >= 0.6 is 24.0 Å². The van der Waals surface area contributed by atoms with Crippen molar-refractivity contribution >= 4 is 35.8 Å². The third-order valence-corrected chi connectivity index (χ3v) is 5.63. The van der Waals surface area contributed by atoms with E-state index in [1.807, 2.05) is 4.90 Å². The number of halogens is 1. The topological polar surface area (TPSA) is 47.9 Å². The Labute approximate surface area is 181 Å². The summed E-state index contributed by atoms with van der Waals surface area (Å²) in [6.45, 7) is 13.1. The number of nitrogens with zero attached hydrogens (tertiary/aromatic N) is 3. The van der Waals surface area contributed by atoms with E-state index in [0.717, 1.165) is 58.1 Å². The molecule has 1 fully saturated rings. The van der Waals surface area contributed by atoms with E-state index in [2.05, 4.69) is 61.3 Å². The summed E-state index contributed by atoms with van der Waals surface area (Å²) in [5.74, 6) is 1.13. The third-order valence-electron chi connectivity index (χ3n) is 5.63. The number of nitrogens with one attached hydrogen (secondary N) is 1. The van der Waals surface area contributed by atoms with E-state index in [4.69, 9.17) is 4.99 Å². The lowest BCUT2D eigenvalue weighted by molar-refractivity contribution is -0.130. The van der Waals surface area contributed by atoms with Crippen LogP contribution in [0.4, 0.5) is 0 Å². The molecule has 2 rings (SSSR count). The molecule has 0 radical (unpaired) electrons. The first-order chi connectivity index (χ1) is 12.6. The molecule has 1 N–H and O–H groups in total. The van der Waals surface area contributed by atoms with Gasteiger partial charge in [-0.1, -0.05) is 44.2 Å². The number of carbonyl (C=O) groups excluding carboxylic acids is 1. The molecule has 1 amide bonds. The minimum Gasteiger partial charge on any atom is -0.357 e. The number of rotatable bonds is 6. The predicted molar refractivity (Wildman–Crippen MR) is 124 cm³/mol. The first kappa shape index (κ1) is 23.7. The van der Waals surface area contributed by atoms with Crippen LogP contribution in [0.1, 0.15) is 46.1 Å². The Bertz CT molecular complexity index is 593. The fraction of sp³-hybridized carbons (Fsp3) is 0.619. The standard InChI is InChI=1S/C21H34N4O.HI/c1-5-21(6-2,19-11-9-8-10-12-19)17-23-20(22-7-3)25-15-13-24(14-16-25)18(4)26;/h8-12H,5-7,13-17H2,1-4H3,(H,22,23);1H. The van der Waals surface area contributed by atoms with Crippen molar-refractivity contribution in [3.63, 3.8) is 0 Å². The van der Waals surface area contributed by atoms with Crippen molar-refractivity contribution in [3.8, 4) is 0 Å². The lowest BCUT2D eigenvalue weighted by Crippen LogP contribution is -2.53. The van der Waals surface area contributed by atoms with Crippen LogP contribution < -0.4 is 5.32 Å². The van der Waals surface area contributed by atoms with Crippen molar-refractivity contribution in [3.05, 3.63) is 35.9 Å². The summed E-state index contributed by atoms with van der Waals surface area (Å²) in [6, 6.07) is 10.8. The van der Waals surface area contributed by atoms with Crippen molar-refractivity contribution in [1.82, 2.24) is 15.1 Å². The van der Waals surface area contributed by atoms with E-state index in [1.165, 1.54) is 5.56 Å². The monoisotopic (exact) mass is 486 g/mol. The molecule has 0 spiro atoms. The molecule has 27 heavy (non-hydrogen) atoms. The van der Waals surface area contributed by atoms with Gasteiger partial charge in [-0.2, -0.15) is 0 Å². The first-order valence-electron chi connectivity index (χ1n) is 9.90. The van der Waals surface area contributed by atoms with Crippen LogP contribution in [-0.2, 0) is 10.2 Å². The summed E-state index contributed by atoms with van der Waals surface area (Å²) >= 11 is 0. The van der Waals surface area contributed by atoms with E-state index in [1.54, 1.807) is 6.92 Å². The maximum Gasteiger partial charge on any atom is 0.219 e. The molecule has 1 heterocycles. The van der Waals surface area contributed by atoms with Gasteiger partial charge < -0.3 is 15.1 Å². The van der Waals surface area contributed by atoms with Crippen molar-refractivity contribution < 1.29 is 4.79 Å². The maximum absolute atomic E-state index is 11.6. The normalized spacial score (nSPS) is 15.3. The molecule has 0 unspecified atom stereocenters. The molecular weight excluding hydrogens is 451 g/mol. The smallest absolute Gasteiger partial charge is 0.219 e. The molecule has 0 bridgehead atoms. The van der Waals surface area contributed by atoms with Gasteiger partial charge in [-0.05, 0) is 25.3 Å². The third kappa shape index (κ3) is 6.09. The molecule has 0 saturated carbocycles. The van der Waals surface area contributed by atoms with E-state index in [-0.39, 0.29) is 35.3 Å². The summed E-state index contributed by atoms with van der Waals surface area (Å²) in [7, 11) is 0. The molecule has 0 atom stereocenters. The van der Waals surface area contributed by atoms with Gasteiger partial charge in [0.25, 0.3) is 0 Å². The van der Waals surface area contributed by atoms with Crippen LogP contribution in [0.15, 0.2) is 35.3 Å². The molecular formula is C21H35IN4O. The van der Waals surface area contributed by atoms with E-state index >= 15 is 0 Å². The summed E-state index contributed by atoms with van der Waals surface area (Å²) in [4.78, 5) is 20.8. The lowest BCUT2D eigenvalue weighted by Gasteiger charge is -2.37. The van der Waals surface area contributed by atoms with Gasteiger partial charge in [0, 0.05) is 45.1 Å². The van der Waals surface area contributed by atoms with Gasteiger partial charge in [0.05, 0.1) is 6.54 Å². The minimum absolute atomic E-state index is 0. The van der Waals surface area contributed by atoms with Crippen molar-refractivity contribution in [1.29, 1.82) is 0 Å². The average molecular weight is 486 g/mol. The highest BCUT2D eigenvalue weighted by Gasteiger charge is 2.29. The fourth-order valence-corrected chi connectivity index (χ4v) is 3.65. The number of aliphatic imine (C=N–C) groups is 1. The van der Waals surface area contributed by atoms with Crippen LogP contribution in [0.2, 0.25) is 0 Å². The summed E-state index contributed by atoms with van der Waals surface area (Å²) in [5.41, 5.74) is 1.44. The highest BCUT2D eigenvalue weighted by molar-refractivity contribution is 14.0. The first-order valence-corrected chi connectivity index (χ1v) is 9.90. The Hall–Kier alpha value is -1.31. The Balaban J connectivity index is 0.00000364. The quantitative estimate of drug-likeness (QED) is 0.381. The van der Waals surface area contributed by atoms with E-state index in [0.29, 0.717) is 0 Å². The Morgan fingerprint density at radius 3 is 2.07 bits per heavy atom. The van der Waals surface area contributed by atoms with Crippen LogP contribution in [0.5, 0.6) is 0 Å². The summed E-state index contributed by atoms with van der Waals surface area (Å²) in [6.07, 6.45) is 2.13. The minimum atomic E-state index is 0. The lowest BCUT2D eigenvalue weighted by atomic mass is 9.76. The zero-order valence-corrected chi connectivity index (χ0v) is 19.5. The van der Waals surface area contributed by atoms with Gasteiger partial charge in [0.15, 0.2) is 5.96 Å². The van der Waals surface area contributed by atoms with Crippen LogP contribution in [-0.4, -0.2) is 60.9 Å². The van der Waals surface area contributed by atoms with Gasteiger partial charge in [-0.15, -0.1) is 24.0 Å². The van der Waals surface area contributed by atoms with Gasteiger partial charge in [0.2, 0.25) is 5.91 Å². The molecule has 1 aliphatic heterocycles. The SMILES string of the molecule is CCNC(=NCC(CC)(CC)c1ccccc1)N1CCN(C(C)=O)CC1.I. The fourth-order valence-electron chi connectivity index (χ4n) is 3.65. The number of piperazine rings is 1. The Kier molecular flexibility index (Phi) is 10.1. The largest absolute Gasteiger partial charge is 0.357 e. The van der Waals surface area contributed by atoms with E-state index < -0.39 is 0 Å². The second kappa shape index (κ2) is 11.5. The molecule has 5 nitrogen and oxygen atoms in total. The molecule has 1 aromatic carbocycles. The number of carbonyl (C=O) groups is 1. The predicted octanol–water partition coefficient (Wildman–Crippen LogP) is 3.49. The highest BCUT2D eigenvalue weighted by Crippen LogP contribution is 2.32. The Morgan fingerprint density at radius 1 is 1.04 bits per heavy atom. The Morgan fingerprint density at radius 2 is 1.59 bits per heavy atom. The molecule has 0 aromatic heterocycles. The van der Waals surface area contributed by atoms with Crippen molar-refractivity contribution in [2.45, 2.75) is 46.0 Å². The van der Waals surface area contributed by atoms with E-state index in [9.17, 15) is 4.79 Å². The zero-order valence-electron chi connectivity index (χ0n) is 17.2. The van der Waals surface area contributed by atoms with Crippen LogP contribution in [0.25, 0.3) is 0 Å². The average Bonchev–Trinajstić information content (AvgIpc) is 2.69. The molecule has 0 aliphatic carbocycles. The molecule has 1 aromatic rings. The van der Waals surface area contributed by atoms with Gasteiger partial charge in [-0.25, -0.2) is 0 Å². The molecule has 6 heteroatoms. The maximum atomic E-state index is 11.6. The number of hydrogen-bond acceptors (Lipinski definition) is 2. The van der Waals surface area contributed by atoms with Gasteiger partial charge in [0.1, 0.15) is 0 Å².